The summed E-state index contributed by atoms with van der Waals surface area (Å²) in [4.78, 5) is 25.7. The molecule has 0 spiro atoms. The molecule has 1 aromatic rings. The Labute approximate surface area is 122 Å². The second kappa shape index (κ2) is 6.53. The van der Waals surface area contributed by atoms with Gasteiger partial charge in [-0.1, -0.05) is 0 Å². The van der Waals surface area contributed by atoms with Gasteiger partial charge in [0.25, 0.3) is 5.69 Å². The molecule has 0 aromatic heterocycles. The molecule has 0 bridgehead atoms. The number of rotatable bonds is 6. The maximum Gasteiger partial charge on any atom is 0.292 e. The molecular weight excluding hydrogens is 274 g/mol. The number of benzene rings is 1. The number of nitro benzene ring substituents is 1. The normalized spacial score (nSPS) is 14.6. The molecule has 1 saturated heterocycles. The van der Waals surface area contributed by atoms with Gasteiger partial charge in [-0.05, 0) is 24.1 Å². The molecular formula is C14H19N3O4. The van der Waals surface area contributed by atoms with Crippen LogP contribution in [0.1, 0.15) is 18.4 Å². The topological polar surface area (TPSA) is 86.9 Å². The molecule has 1 aliphatic rings. The molecule has 7 heteroatoms. The van der Waals surface area contributed by atoms with E-state index in [0.29, 0.717) is 30.8 Å². The van der Waals surface area contributed by atoms with Gasteiger partial charge in [-0.2, -0.15) is 0 Å². The van der Waals surface area contributed by atoms with Crippen LogP contribution in [-0.2, 0) is 11.4 Å². The van der Waals surface area contributed by atoms with Gasteiger partial charge in [0.1, 0.15) is 5.69 Å². The Hall–Kier alpha value is -2.15. The van der Waals surface area contributed by atoms with Gasteiger partial charge >= 0.3 is 0 Å². The summed E-state index contributed by atoms with van der Waals surface area (Å²) in [6, 6.07) is 4.56. The van der Waals surface area contributed by atoms with Gasteiger partial charge in [-0.3, -0.25) is 14.9 Å². The van der Waals surface area contributed by atoms with E-state index in [1.807, 2.05) is 0 Å². The van der Waals surface area contributed by atoms with E-state index in [-0.39, 0.29) is 18.2 Å². The number of amides is 1. The van der Waals surface area contributed by atoms with Crippen molar-refractivity contribution in [3.8, 4) is 0 Å². The molecule has 0 atom stereocenters. The van der Waals surface area contributed by atoms with Crippen molar-refractivity contribution in [1.29, 1.82) is 0 Å². The lowest BCUT2D eigenvalue weighted by atomic mass is 10.1. The van der Waals surface area contributed by atoms with E-state index < -0.39 is 4.92 Å². The molecule has 0 aliphatic carbocycles. The first kappa shape index (κ1) is 15.2. The molecule has 1 fully saturated rings. The van der Waals surface area contributed by atoms with Crippen LogP contribution in [0, 0.1) is 10.1 Å². The lowest BCUT2D eigenvalue weighted by Crippen LogP contribution is -2.34. The fourth-order valence-electron chi connectivity index (χ4n) is 2.46. The number of likely N-dealkylation sites (N-methyl/N-ethyl adjacent to an activating group) is 1. The number of hydrogen-bond donors (Lipinski definition) is 1. The van der Waals surface area contributed by atoms with E-state index in [9.17, 15) is 14.9 Å². The fourth-order valence-corrected chi connectivity index (χ4v) is 2.46. The van der Waals surface area contributed by atoms with Gasteiger partial charge in [0, 0.05) is 39.2 Å². The zero-order chi connectivity index (χ0) is 15.4. The predicted molar refractivity (Wildman–Crippen MR) is 78.1 cm³/mol. The predicted octanol–water partition coefficient (Wildman–Crippen LogP) is 1.15. The molecule has 1 aromatic carbocycles. The Morgan fingerprint density at radius 1 is 1.48 bits per heavy atom. The Morgan fingerprint density at radius 3 is 2.81 bits per heavy atom. The van der Waals surface area contributed by atoms with Crippen LogP contribution < -0.4 is 4.90 Å². The average Bonchev–Trinajstić information content (AvgIpc) is 2.89. The number of carbonyl (C=O) groups is 1. The van der Waals surface area contributed by atoms with Crippen LogP contribution in [0.3, 0.4) is 0 Å². The van der Waals surface area contributed by atoms with E-state index in [2.05, 4.69) is 0 Å². The molecule has 21 heavy (non-hydrogen) atoms. The first-order chi connectivity index (χ1) is 10.0. The third-order valence-corrected chi connectivity index (χ3v) is 3.71. The van der Waals surface area contributed by atoms with Crippen molar-refractivity contribution in [3.05, 3.63) is 33.9 Å². The van der Waals surface area contributed by atoms with Gasteiger partial charge in [0.15, 0.2) is 0 Å². The molecule has 0 radical (unpaired) electrons. The van der Waals surface area contributed by atoms with Crippen LogP contribution in [0.2, 0.25) is 0 Å². The highest BCUT2D eigenvalue weighted by Crippen LogP contribution is 2.28. The fraction of sp³-hybridized carbons (Fsp3) is 0.500. The number of carbonyl (C=O) groups excluding carboxylic acids is 1. The van der Waals surface area contributed by atoms with Gasteiger partial charge < -0.3 is 14.9 Å². The first-order valence-electron chi connectivity index (χ1n) is 6.90. The van der Waals surface area contributed by atoms with E-state index in [4.69, 9.17) is 5.11 Å². The van der Waals surface area contributed by atoms with Gasteiger partial charge in [0.05, 0.1) is 11.5 Å². The molecule has 1 N–H and O–H groups in total. The van der Waals surface area contributed by atoms with Gasteiger partial charge in [0.2, 0.25) is 5.91 Å². The number of anilines is 1. The van der Waals surface area contributed by atoms with Crippen molar-refractivity contribution in [1.82, 2.24) is 4.90 Å². The maximum absolute atomic E-state index is 11.6. The summed E-state index contributed by atoms with van der Waals surface area (Å²) >= 11 is 0. The number of nitrogens with zero attached hydrogens (tertiary/aromatic N) is 3. The van der Waals surface area contributed by atoms with Crippen LogP contribution in [0.4, 0.5) is 11.4 Å². The van der Waals surface area contributed by atoms with E-state index in [1.165, 1.54) is 6.07 Å². The second-order valence-electron chi connectivity index (χ2n) is 5.14. The summed E-state index contributed by atoms with van der Waals surface area (Å²) in [7, 11) is 1.75. The molecule has 1 amide bonds. The van der Waals surface area contributed by atoms with Crippen molar-refractivity contribution >= 4 is 17.3 Å². The lowest BCUT2D eigenvalue weighted by molar-refractivity contribution is -0.384. The highest BCUT2D eigenvalue weighted by molar-refractivity contribution is 5.78. The number of likely N-dealkylation sites (tertiary alicyclic amines) is 1. The smallest absolute Gasteiger partial charge is 0.292 e. The highest BCUT2D eigenvalue weighted by Gasteiger charge is 2.22. The SMILES string of the molecule is CN(CCN1CCCC1=O)c1cc(CO)ccc1[N+](=O)[O-]. The number of nitro groups is 1. The summed E-state index contributed by atoms with van der Waals surface area (Å²) < 4.78 is 0. The minimum absolute atomic E-state index is 0.00227. The van der Waals surface area contributed by atoms with Gasteiger partial charge in [-0.25, -0.2) is 0 Å². The molecule has 114 valence electrons. The largest absolute Gasteiger partial charge is 0.392 e. The van der Waals surface area contributed by atoms with E-state index in [0.717, 1.165) is 13.0 Å². The standard InChI is InChI=1S/C14H19N3O4/c1-15(7-8-16-6-2-3-14(16)19)13-9-11(10-18)4-5-12(13)17(20)21/h4-5,9,18H,2-3,6-8,10H2,1H3. The Bertz CT molecular complexity index is 547. The molecule has 0 unspecified atom stereocenters. The third-order valence-electron chi connectivity index (χ3n) is 3.71. The maximum atomic E-state index is 11.6. The zero-order valence-corrected chi connectivity index (χ0v) is 12.0. The summed E-state index contributed by atoms with van der Waals surface area (Å²) in [6.45, 7) is 1.66. The van der Waals surface area contributed by atoms with Crippen LogP contribution >= 0.6 is 0 Å². The summed E-state index contributed by atoms with van der Waals surface area (Å²) in [5.41, 5.74) is 1.08. The second-order valence-corrected chi connectivity index (χ2v) is 5.14. The summed E-state index contributed by atoms with van der Waals surface area (Å²) in [5.74, 6) is 0.141. The number of aliphatic hydroxyl groups excluding tert-OH is 1. The monoisotopic (exact) mass is 293 g/mol. The zero-order valence-electron chi connectivity index (χ0n) is 12.0. The first-order valence-corrected chi connectivity index (χ1v) is 6.90. The quantitative estimate of drug-likeness (QED) is 0.628. The lowest BCUT2D eigenvalue weighted by Gasteiger charge is -2.23. The van der Waals surface area contributed by atoms with Crippen molar-refractivity contribution in [2.24, 2.45) is 0 Å². The third kappa shape index (κ3) is 3.49. The Balaban J connectivity index is 2.11. The van der Waals surface area contributed by atoms with Gasteiger partial charge in [-0.15, -0.1) is 0 Å². The van der Waals surface area contributed by atoms with E-state index in [1.54, 1.807) is 29.0 Å². The van der Waals surface area contributed by atoms with Crippen molar-refractivity contribution in [3.63, 3.8) is 0 Å². The number of hydrogen-bond acceptors (Lipinski definition) is 5. The van der Waals surface area contributed by atoms with Crippen LogP contribution in [0.15, 0.2) is 18.2 Å². The minimum Gasteiger partial charge on any atom is -0.392 e. The molecule has 7 nitrogen and oxygen atoms in total. The van der Waals surface area contributed by atoms with Crippen molar-refractivity contribution < 1.29 is 14.8 Å². The number of aliphatic hydroxyl groups is 1. The molecule has 1 aliphatic heterocycles. The van der Waals surface area contributed by atoms with Crippen molar-refractivity contribution in [2.75, 3.05) is 31.6 Å². The van der Waals surface area contributed by atoms with Crippen LogP contribution in [0.5, 0.6) is 0 Å². The molecule has 1 heterocycles. The molecule has 2 rings (SSSR count). The average molecular weight is 293 g/mol. The Morgan fingerprint density at radius 2 is 2.24 bits per heavy atom. The van der Waals surface area contributed by atoms with Crippen LogP contribution in [0.25, 0.3) is 0 Å². The minimum atomic E-state index is -0.437. The summed E-state index contributed by atoms with van der Waals surface area (Å²) in [6.07, 6.45) is 1.46. The van der Waals surface area contributed by atoms with Crippen LogP contribution in [-0.4, -0.2) is 47.5 Å². The van der Waals surface area contributed by atoms with Crippen molar-refractivity contribution in [2.45, 2.75) is 19.4 Å². The summed E-state index contributed by atoms with van der Waals surface area (Å²) in [5, 5.41) is 20.3. The Kier molecular flexibility index (Phi) is 4.74. The molecule has 0 saturated carbocycles. The van der Waals surface area contributed by atoms with E-state index >= 15 is 0 Å². The highest BCUT2D eigenvalue weighted by atomic mass is 16.6.